The molecule has 0 saturated heterocycles. The van der Waals surface area contributed by atoms with Crippen LogP contribution in [-0.4, -0.2) is 18.5 Å². The zero-order chi connectivity index (χ0) is 13.5. The second-order valence-electron chi connectivity index (χ2n) is 4.32. The average molecular weight is 250 g/mol. The summed E-state index contributed by atoms with van der Waals surface area (Å²) in [6, 6.07) is 6.33. The number of ether oxygens (including phenoxy) is 2. The van der Waals surface area contributed by atoms with E-state index in [2.05, 4.69) is 0 Å². The molecule has 0 spiro atoms. The molecule has 0 radical (unpaired) electrons. The smallest absolute Gasteiger partial charge is 0.338 e. The van der Waals surface area contributed by atoms with Crippen LogP contribution in [0.15, 0.2) is 24.3 Å². The third-order valence-corrected chi connectivity index (χ3v) is 2.17. The molecule has 18 heavy (non-hydrogen) atoms. The quantitative estimate of drug-likeness (QED) is 0.595. The first-order valence-corrected chi connectivity index (χ1v) is 6.00. The lowest BCUT2D eigenvalue weighted by Crippen LogP contribution is -2.11. The lowest BCUT2D eigenvalue weighted by atomic mass is 10.1. The highest BCUT2D eigenvalue weighted by atomic mass is 16.5. The summed E-state index contributed by atoms with van der Waals surface area (Å²) in [6.45, 7) is 5.99. The Bertz CT molecular complexity index is 406. The van der Waals surface area contributed by atoms with Gasteiger partial charge < -0.3 is 9.47 Å². The fraction of sp³-hybridized carbons (Fsp3) is 0.429. The highest BCUT2D eigenvalue weighted by Gasteiger charge is 2.09. The van der Waals surface area contributed by atoms with E-state index in [0.29, 0.717) is 24.3 Å². The Morgan fingerprint density at radius 3 is 2.28 bits per heavy atom. The van der Waals surface area contributed by atoms with E-state index in [1.165, 1.54) is 0 Å². The maximum atomic E-state index is 11.4. The summed E-state index contributed by atoms with van der Waals surface area (Å²) in [5.41, 5.74) is 0.445. The van der Waals surface area contributed by atoms with Gasteiger partial charge in [-0.3, -0.25) is 4.79 Å². The normalized spacial score (nSPS) is 10.2. The molecule has 0 aliphatic carbocycles. The Morgan fingerprint density at radius 1 is 1.17 bits per heavy atom. The third-order valence-electron chi connectivity index (χ3n) is 2.17. The number of rotatable bonds is 5. The Labute approximate surface area is 107 Å². The second kappa shape index (κ2) is 6.79. The topological polar surface area (TPSA) is 52.6 Å². The van der Waals surface area contributed by atoms with E-state index in [0.717, 1.165) is 0 Å². The molecule has 0 aliphatic rings. The van der Waals surface area contributed by atoms with Gasteiger partial charge in [0.05, 0.1) is 12.2 Å². The van der Waals surface area contributed by atoms with Gasteiger partial charge in [-0.15, -0.1) is 0 Å². The highest BCUT2D eigenvalue weighted by Crippen LogP contribution is 2.14. The van der Waals surface area contributed by atoms with E-state index in [1.807, 2.05) is 13.8 Å². The predicted molar refractivity (Wildman–Crippen MR) is 67.5 cm³/mol. The van der Waals surface area contributed by atoms with Crippen LogP contribution in [0.3, 0.4) is 0 Å². The molecule has 4 nitrogen and oxygen atoms in total. The first kappa shape index (κ1) is 14.2. The molecule has 0 heterocycles. The molecule has 98 valence electrons. The van der Waals surface area contributed by atoms with Gasteiger partial charge in [0.1, 0.15) is 5.75 Å². The number of esters is 2. The largest absolute Gasteiger partial charge is 0.462 e. The van der Waals surface area contributed by atoms with Gasteiger partial charge in [0.15, 0.2) is 0 Å². The molecule has 0 bridgehead atoms. The fourth-order valence-corrected chi connectivity index (χ4v) is 1.38. The minimum absolute atomic E-state index is 0.260. The standard InChI is InChI=1S/C14H18O4/c1-4-17-14(16)11-5-7-12(8-6-11)18-13(15)9-10(2)3/h5-8,10H,4,9H2,1-3H3. The first-order chi connectivity index (χ1) is 8.52. The average Bonchev–Trinajstić information content (AvgIpc) is 2.29. The van der Waals surface area contributed by atoms with E-state index < -0.39 is 0 Å². The minimum Gasteiger partial charge on any atom is -0.462 e. The van der Waals surface area contributed by atoms with Crippen molar-refractivity contribution in [1.29, 1.82) is 0 Å². The number of carbonyl (C=O) groups is 2. The van der Waals surface area contributed by atoms with Gasteiger partial charge in [-0.2, -0.15) is 0 Å². The Morgan fingerprint density at radius 2 is 1.78 bits per heavy atom. The summed E-state index contributed by atoms with van der Waals surface area (Å²) < 4.78 is 9.98. The van der Waals surface area contributed by atoms with Gasteiger partial charge in [0.2, 0.25) is 0 Å². The number of hydrogen-bond acceptors (Lipinski definition) is 4. The van der Waals surface area contributed by atoms with Crippen LogP contribution in [0.25, 0.3) is 0 Å². The summed E-state index contributed by atoms with van der Waals surface area (Å²) in [6.07, 6.45) is 0.375. The molecular weight excluding hydrogens is 232 g/mol. The first-order valence-electron chi connectivity index (χ1n) is 6.00. The Balaban J connectivity index is 2.60. The Hall–Kier alpha value is -1.84. The lowest BCUT2D eigenvalue weighted by molar-refractivity contribution is -0.135. The molecule has 4 heteroatoms. The fourth-order valence-electron chi connectivity index (χ4n) is 1.38. The molecule has 1 aromatic rings. The molecule has 0 N–H and O–H groups in total. The van der Waals surface area contributed by atoms with Crippen molar-refractivity contribution in [2.75, 3.05) is 6.61 Å². The maximum Gasteiger partial charge on any atom is 0.338 e. The molecular formula is C14H18O4. The summed E-state index contributed by atoms with van der Waals surface area (Å²) >= 11 is 0. The minimum atomic E-state index is -0.377. The molecule has 1 rings (SSSR count). The summed E-state index contributed by atoms with van der Waals surface area (Å²) in [5.74, 6) is 0.0523. The predicted octanol–water partition coefficient (Wildman–Crippen LogP) is 2.81. The van der Waals surface area contributed by atoms with Gasteiger partial charge >= 0.3 is 11.9 Å². The van der Waals surface area contributed by atoms with Gasteiger partial charge in [-0.1, -0.05) is 13.8 Å². The van der Waals surface area contributed by atoms with Crippen LogP contribution in [0.1, 0.15) is 37.6 Å². The molecule has 0 unspecified atom stereocenters. The number of carbonyl (C=O) groups excluding carboxylic acids is 2. The molecule has 0 fully saturated rings. The van der Waals surface area contributed by atoms with Crippen LogP contribution in [0.4, 0.5) is 0 Å². The molecule has 0 saturated carbocycles. The SMILES string of the molecule is CCOC(=O)c1ccc(OC(=O)CC(C)C)cc1. The van der Waals surface area contributed by atoms with E-state index >= 15 is 0 Å². The maximum absolute atomic E-state index is 11.4. The van der Waals surface area contributed by atoms with E-state index in [-0.39, 0.29) is 17.9 Å². The van der Waals surface area contributed by atoms with Crippen LogP contribution in [0.5, 0.6) is 5.75 Å². The van der Waals surface area contributed by atoms with Crippen LogP contribution in [0.2, 0.25) is 0 Å². The van der Waals surface area contributed by atoms with Crippen molar-refractivity contribution >= 4 is 11.9 Å². The molecule has 0 aromatic heterocycles. The van der Waals surface area contributed by atoms with E-state index in [1.54, 1.807) is 31.2 Å². The lowest BCUT2D eigenvalue weighted by Gasteiger charge is -2.07. The summed E-state index contributed by atoms with van der Waals surface area (Å²) in [5, 5.41) is 0. The summed E-state index contributed by atoms with van der Waals surface area (Å²) in [4.78, 5) is 22.8. The van der Waals surface area contributed by atoms with Crippen LogP contribution in [-0.2, 0) is 9.53 Å². The third kappa shape index (κ3) is 4.57. The van der Waals surface area contributed by atoms with Crippen LogP contribution < -0.4 is 4.74 Å². The van der Waals surface area contributed by atoms with E-state index in [4.69, 9.17) is 9.47 Å². The van der Waals surface area contributed by atoms with Crippen molar-refractivity contribution in [2.45, 2.75) is 27.2 Å². The zero-order valence-electron chi connectivity index (χ0n) is 10.9. The molecule has 0 amide bonds. The van der Waals surface area contributed by atoms with Crippen molar-refractivity contribution in [3.8, 4) is 5.75 Å². The highest BCUT2D eigenvalue weighted by molar-refractivity contribution is 5.89. The van der Waals surface area contributed by atoms with Crippen molar-refractivity contribution in [3.63, 3.8) is 0 Å². The monoisotopic (exact) mass is 250 g/mol. The number of hydrogen-bond donors (Lipinski definition) is 0. The van der Waals surface area contributed by atoms with Crippen molar-refractivity contribution in [2.24, 2.45) is 5.92 Å². The van der Waals surface area contributed by atoms with Gasteiger partial charge in [-0.05, 0) is 37.1 Å². The van der Waals surface area contributed by atoms with Gasteiger partial charge in [0, 0.05) is 6.42 Å². The Kier molecular flexibility index (Phi) is 5.36. The zero-order valence-corrected chi connectivity index (χ0v) is 10.9. The van der Waals surface area contributed by atoms with Crippen LogP contribution in [0, 0.1) is 5.92 Å². The molecule has 0 aliphatic heterocycles. The van der Waals surface area contributed by atoms with Crippen molar-refractivity contribution in [1.82, 2.24) is 0 Å². The number of benzene rings is 1. The van der Waals surface area contributed by atoms with Gasteiger partial charge in [0.25, 0.3) is 0 Å². The van der Waals surface area contributed by atoms with Crippen molar-refractivity contribution < 1.29 is 19.1 Å². The van der Waals surface area contributed by atoms with Crippen molar-refractivity contribution in [3.05, 3.63) is 29.8 Å². The van der Waals surface area contributed by atoms with E-state index in [9.17, 15) is 9.59 Å². The second-order valence-corrected chi connectivity index (χ2v) is 4.32. The summed E-state index contributed by atoms with van der Waals surface area (Å²) in [7, 11) is 0. The van der Waals surface area contributed by atoms with Gasteiger partial charge in [-0.25, -0.2) is 4.79 Å². The van der Waals surface area contributed by atoms with Crippen LogP contribution >= 0.6 is 0 Å². The molecule has 1 aromatic carbocycles. The molecule has 0 atom stereocenters.